The average molecular weight is 583 g/mol. The van der Waals surface area contributed by atoms with Crippen molar-refractivity contribution >= 4 is 35.1 Å². The van der Waals surface area contributed by atoms with Gasteiger partial charge in [-0.15, -0.1) is 0 Å². The number of para-hydroxylation sites is 2. The molecule has 12 heteroatoms. The van der Waals surface area contributed by atoms with Gasteiger partial charge >= 0.3 is 6.18 Å². The number of nitrogens with one attached hydrogen (secondary N) is 2. The number of nitrogens with zero attached hydrogens (tertiary/aromatic N) is 3. The molecule has 1 aliphatic rings. The van der Waals surface area contributed by atoms with E-state index in [9.17, 15) is 22.8 Å². The summed E-state index contributed by atoms with van der Waals surface area (Å²) in [5.74, 6) is -0.764. The van der Waals surface area contributed by atoms with Crippen LogP contribution in [-0.2, 0) is 20.5 Å². The van der Waals surface area contributed by atoms with Gasteiger partial charge in [-0.05, 0) is 48.5 Å². The van der Waals surface area contributed by atoms with Crippen molar-refractivity contribution in [2.75, 3.05) is 62.8 Å². The van der Waals surface area contributed by atoms with Crippen molar-refractivity contribution in [3.8, 4) is 0 Å². The van der Waals surface area contributed by atoms with Gasteiger partial charge in [0.1, 0.15) is 11.9 Å². The fraction of sp³-hybridized carbons (Fsp3) is 0.300. The number of halogens is 3. The summed E-state index contributed by atoms with van der Waals surface area (Å²) < 4.78 is 44.2. The lowest BCUT2D eigenvalue weighted by atomic mass is 10.0. The number of benzene rings is 2. The summed E-state index contributed by atoms with van der Waals surface area (Å²) in [5.41, 5.74) is 7.34. The Bertz CT molecular complexity index is 1370. The van der Waals surface area contributed by atoms with Gasteiger partial charge < -0.3 is 21.1 Å². The summed E-state index contributed by atoms with van der Waals surface area (Å²) in [7, 11) is 1.82. The summed E-state index contributed by atoms with van der Waals surface area (Å²) >= 11 is 0. The number of hydrogen-bond acceptors (Lipinski definition) is 7. The van der Waals surface area contributed by atoms with E-state index in [2.05, 4.69) is 20.5 Å². The number of carbonyl (C=O) groups is 2. The highest BCUT2D eigenvalue weighted by Gasteiger charge is 2.31. The van der Waals surface area contributed by atoms with E-state index in [0.29, 0.717) is 49.4 Å². The monoisotopic (exact) mass is 582 g/mol. The van der Waals surface area contributed by atoms with Crippen molar-refractivity contribution in [3.05, 3.63) is 89.6 Å². The number of amides is 2. The molecule has 9 nitrogen and oxygen atoms in total. The first kappa shape index (κ1) is 30.7. The number of rotatable bonds is 10. The number of morpholine rings is 1. The number of alkyl halides is 3. The van der Waals surface area contributed by atoms with Crippen LogP contribution in [0, 0.1) is 0 Å². The molecule has 1 aromatic heterocycles. The van der Waals surface area contributed by atoms with Gasteiger partial charge in [0, 0.05) is 38.5 Å². The molecule has 0 radical (unpaired) electrons. The Morgan fingerprint density at radius 3 is 2.43 bits per heavy atom. The Morgan fingerprint density at radius 1 is 1.07 bits per heavy atom. The predicted molar refractivity (Wildman–Crippen MR) is 155 cm³/mol. The van der Waals surface area contributed by atoms with Crippen LogP contribution < -0.4 is 16.4 Å². The lowest BCUT2D eigenvalue weighted by Gasteiger charge is -2.32. The molecular weight excluding hydrogens is 549 g/mol. The molecule has 0 bridgehead atoms. The number of carbonyl (C=O) groups excluding carboxylic acids is 2. The number of anilines is 3. The number of nitrogen functional groups attached to an aromatic ring is 1. The van der Waals surface area contributed by atoms with Crippen LogP contribution in [0.1, 0.15) is 22.7 Å². The summed E-state index contributed by atoms with van der Waals surface area (Å²) in [6, 6.07) is 15.3. The standard InChI is InChI=1S/C30H33F3N6O3/c1-38(14-15-39-16-18-42-19-17-39)28(29(41)37-26-12-11-23(20-35-26)30(31,32)33)22-9-6-21(7-10-22)8-13-27(40)36-25-5-3-2-4-24(25)34/h2-13,20,28H,14-19,34H2,1H3,(H,36,40)(H,35,37,41). The minimum Gasteiger partial charge on any atom is -0.397 e. The lowest BCUT2D eigenvalue weighted by molar-refractivity contribution is -0.137. The second-order valence-electron chi connectivity index (χ2n) is 9.83. The third-order valence-electron chi connectivity index (χ3n) is 6.80. The summed E-state index contributed by atoms with van der Waals surface area (Å²) in [6.07, 6.45) is -0.808. The van der Waals surface area contributed by atoms with E-state index in [4.69, 9.17) is 10.5 Å². The molecule has 2 amide bonds. The summed E-state index contributed by atoms with van der Waals surface area (Å²) in [5, 5.41) is 5.38. The van der Waals surface area contributed by atoms with Gasteiger partial charge in [0.05, 0.1) is 30.2 Å². The summed E-state index contributed by atoms with van der Waals surface area (Å²) in [6.45, 7) is 4.17. The van der Waals surface area contributed by atoms with Crippen molar-refractivity contribution in [3.63, 3.8) is 0 Å². The molecule has 4 N–H and O–H groups in total. The highest BCUT2D eigenvalue weighted by molar-refractivity contribution is 6.03. The number of nitrogens with two attached hydrogens (primary N) is 1. The van der Waals surface area contributed by atoms with E-state index in [1.807, 2.05) is 11.9 Å². The second-order valence-corrected chi connectivity index (χ2v) is 9.83. The molecule has 42 heavy (non-hydrogen) atoms. The first-order chi connectivity index (χ1) is 20.1. The molecule has 1 unspecified atom stereocenters. The van der Waals surface area contributed by atoms with E-state index >= 15 is 0 Å². The Labute approximate surface area is 242 Å². The normalized spacial score (nSPS) is 15.1. The van der Waals surface area contributed by atoms with Gasteiger partial charge in [-0.25, -0.2) is 4.98 Å². The number of aromatic nitrogens is 1. The third-order valence-corrected chi connectivity index (χ3v) is 6.80. The van der Waals surface area contributed by atoms with Crippen molar-refractivity contribution < 1.29 is 27.5 Å². The number of ether oxygens (including phenoxy) is 1. The fourth-order valence-electron chi connectivity index (χ4n) is 4.44. The van der Waals surface area contributed by atoms with Gasteiger partial charge in [-0.3, -0.25) is 19.4 Å². The quantitative estimate of drug-likeness (QED) is 0.242. The van der Waals surface area contributed by atoms with E-state index in [1.54, 1.807) is 54.6 Å². The Kier molecular flexibility index (Phi) is 10.3. The smallest absolute Gasteiger partial charge is 0.397 e. The zero-order valence-corrected chi connectivity index (χ0v) is 23.1. The Morgan fingerprint density at radius 2 is 1.79 bits per heavy atom. The average Bonchev–Trinajstić information content (AvgIpc) is 2.97. The number of hydrogen-bond donors (Lipinski definition) is 3. The van der Waals surface area contributed by atoms with Crippen LogP contribution in [0.15, 0.2) is 72.9 Å². The van der Waals surface area contributed by atoms with Crippen LogP contribution in [0.25, 0.3) is 6.08 Å². The Balaban J connectivity index is 1.47. The van der Waals surface area contributed by atoms with Crippen molar-refractivity contribution in [2.24, 2.45) is 0 Å². The fourth-order valence-corrected chi connectivity index (χ4v) is 4.44. The zero-order valence-electron chi connectivity index (χ0n) is 23.1. The molecule has 1 saturated heterocycles. The van der Waals surface area contributed by atoms with Crippen LogP contribution >= 0.6 is 0 Å². The molecule has 1 aliphatic heterocycles. The van der Waals surface area contributed by atoms with Crippen LogP contribution in [0.3, 0.4) is 0 Å². The molecule has 222 valence electrons. The SMILES string of the molecule is CN(CCN1CCOCC1)C(C(=O)Nc1ccc(C(F)(F)F)cn1)c1ccc(C=CC(=O)Nc2ccccc2N)cc1. The van der Waals surface area contributed by atoms with E-state index in [-0.39, 0.29) is 11.7 Å². The third kappa shape index (κ3) is 8.62. The molecule has 2 aromatic carbocycles. The topological polar surface area (TPSA) is 113 Å². The maximum absolute atomic E-state index is 13.5. The van der Waals surface area contributed by atoms with Gasteiger partial charge in [0.25, 0.3) is 0 Å². The highest BCUT2D eigenvalue weighted by atomic mass is 19.4. The second kappa shape index (κ2) is 14.1. The predicted octanol–water partition coefficient (Wildman–Crippen LogP) is 4.28. The molecule has 0 aliphatic carbocycles. The molecule has 1 atom stereocenters. The molecule has 4 rings (SSSR count). The first-order valence-electron chi connectivity index (χ1n) is 13.4. The maximum Gasteiger partial charge on any atom is 0.417 e. The summed E-state index contributed by atoms with van der Waals surface area (Å²) in [4.78, 5) is 33.7. The first-order valence-corrected chi connectivity index (χ1v) is 13.4. The molecule has 2 heterocycles. The minimum atomic E-state index is -4.52. The number of likely N-dealkylation sites (N-methyl/N-ethyl adjacent to an activating group) is 1. The van der Waals surface area contributed by atoms with E-state index in [0.717, 1.165) is 30.8 Å². The van der Waals surface area contributed by atoms with Crippen molar-refractivity contribution in [1.29, 1.82) is 0 Å². The lowest BCUT2D eigenvalue weighted by Crippen LogP contribution is -2.43. The number of pyridine rings is 1. The molecule has 0 saturated carbocycles. The van der Waals surface area contributed by atoms with Crippen LogP contribution in [0.5, 0.6) is 0 Å². The molecular formula is C30H33F3N6O3. The molecule has 3 aromatic rings. The van der Waals surface area contributed by atoms with Gasteiger partial charge in [0.15, 0.2) is 0 Å². The Hall–Kier alpha value is -4.26. The minimum absolute atomic E-state index is 0.0178. The molecule has 1 fully saturated rings. The van der Waals surface area contributed by atoms with E-state index < -0.39 is 23.7 Å². The van der Waals surface area contributed by atoms with Gasteiger partial charge in [-0.1, -0.05) is 36.4 Å². The largest absolute Gasteiger partial charge is 0.417 e. The van der Waals surface area contributed by atoms with Crippen LogP contribution in [0.2, 0.25) is 0 Å². The van der Waals surface area contributed by atoms with E-state index in [1.165, 1.54) is 6.08 Å². The maximum atomic E-state index is 13.5. The van der Waals surface area contributed by atoms with Crippen molar-refractivity contribution in [2.45, 2.75) is 12.2 Å². The van der Waals surface area contributed by atoms with Crippen molar-refractivity contribution in [1.82, 2.24) is 14.8 Å². The van der Waals surface area contributed by atoms with Crippen LogP contribution in [-0.4, -0.2) is 73.0 Å². The van der Waals surface area contributed by atoms with Gasteiger partial charge in [0.2, 0.25) is 11.8 Å². The highest BCUT2D eigenvalue weighted by Crippen LogP contribution is 2.29. The van der Waals surface area contributed by atoms with Gasteiger partial charge in [-0.2, -0.15) is 13.2 Å². The molecule has 0 spiro atoms. The zero-order chi connectivity index (χ0) is 30.1. The van der Waals surface area contributed by atoms with Crippen LogP contribution in [0.4, 0.5) is 30.4 Å².